The number of ether oxygens (including phenoxy) is 1. The van der Waals surface area contributed by atoms with Gasteiger partial charge in [-0.3, -0.25) is 19.7 Å². The molecule has 1 unspecified atom stereocenters. The first-order chi connectivity index (χ1) is 16.2. The minimum Gasteiger partial charge on any atom is -0.475 e. The lowest BCUT2D eigenvalue weighted by molar-refractivity contribution is -0.385. The van der Waals surface area contributed by atoms with Crippen LogP contribution in [0.5, 0.6) is 5.88 Å². The zero-order valence-corrected chi connectivity index (χ0v) is 19.2. The number of carbonyl (C=O) groups excluding carboxylic acids is 2. The number of nitrogens with zero attached hydrogens (tertiary/aromatic N) is 4. The fourth-order valence-corrected chi connectivity index (χ4v) is 3.07. The average Bonchev–Trinajstić information content (AvgIpc) is 3.27. The number of anilines is 1. The Morgan fingerprint density at radius 3 is 2.50 bits per heavy atom. The zero-order valence-electron chi connectivity index (χ0n) is 18.5. The lowest BCUT2D eigenvalue weighted by atomic mass is 10.1. The van der Waals surface area contributed by atoms with E-state index in [1.807, 2.05) is 0 Å². The summed E-state index contributed by atoms with van der Waals surface area (Å²) in [4.78, 5) is 35.2. The van der Waals surface area contributed by atoms with Gasteiger partial charge in [-0.1, -0.05) is 29.8 Å². The number of rotatable bonds is 8. The van der Waals surface area contributed by atoms with Crippen LogP contribution < -0.4 is 15.5 Å². The molecule has 0 aliphatic carbocycles. The van der Waals surface area contributed by atoms with E-state index in [1.54, 1.807) is 55.5 Å². The van der Waals surface area contributed by atoms with Gasteiger partial charge < -0.3 is 10.1 Å². The van der Waals surface area contributed by atoms with Gasteiger partial charge >= 0.3 is 11.6 Å². The first kappa shape index (κ1) is 24.4. The molecule has 34 heavy (non-hydrogen) atoms. The first-order valence-electron chi connectivity index (χ1n) is 9.98. The van der Waals surface area contributed by atoms with Crippen LogP contribution in [0.2, 0.25) is 5.02 Å². The summed E-state index contributed by atoms with van der Waals surface area (Å²) in [6.45, 7) is 3.22. The molecule has 0 bridgehead atoms. The summed E-state index contributed by atoms with van der Waals surface area (Å²) in [6, 6.07) is 12.6. The number of methoxy groups -OCH3 is 1. The molecule has 2 aromatic carbocycles. The third kappa shape index (κ3) is 5.75. The third-order valence-corrected chi connectivity index (χ3v) is 5.06. The van der Waals surface area contributed by atoms with Crippen molar-refractivity contribution in [1.29, 1.82) is 0 Å². The maximum absolute atomic E-state index is 12.4. The average molecular weight is 485 g/mol. The molecule has 0 fully saturated rings. The van der Waals surface area contributed by atoms with E-state index in [0.29, 0.717) is 27.5 Å². The summed E-state index contributed by atoms with van der Waals surface area (Å²) in [5.41, 5.74) is 4.32. The highest BCUT2D eigenvalue weighted by molar-refractivity contribution is 6.31. The minimum absolute atomic E-state index is 0.188. The van der Waals surface area contributed by atoms with Crippen molar-refractivity contribution in [1.82, 2.24) is 15.2 Å². The molecular weight excluding hydrogens is 464 g/mol. The molecule has 3 rings (SSSR count). The van der Waals surface area contributed by atoms with Crippen LogP contribution in [0.4, 0.5) is 11.4 Å². The van der Waals surface area contributed by atoms with Crippen molar-refractivity contribution >= 4 is 40.5 Å². The Labute approximate surface area is 199 Å². The van der Waals surface area contributed by atoms with Gasteiger partial charge in [-0.15, -0.1) is 5.10 Å². The normalized spacial score (nSPS) is 12.1. The van der Waals surface area contributed by atoms with Crippen LogP contribution in [-0.2, 0) is 4.79 Å². The largest absolute Gasteiger partial charge is 0.475 e. The molecule has 11 nitrogen and oxygen atoms in total. The number of halogens is 1. The van der Waals surface area contributed by atoms with Gasteiger partial charge in [0.2, 0.25) is 0 Å². The molecule has 0 saturated carbocycles. The monoisotopic (exact) mass is 484 g/mol. The maximum Gasteiger partial charge on any atom is 0.350 e. The smallest absolute Gasteiger partial charge is 0.350 e. The van der Waals surface area contributed by atoms with Crippen molar-refractivity contribution in [2.45, 2.75) is 19.9 Å². The predicted octanol–water partition coefficient (Wildman–Crippen LogP) is 3.81. The number of hydrazone groups is 1. The molecular formula is C22H21ClN6O5. The number of hydrogen-bond donors (Lipinski definition) is 2. The van der Waals surface area contributed by atoms with E-state index in [1.165, 1.54) is 14.0 Å². The Morgan fingerprint density at radius 2 is 1.91 bits per heavy atom. The number of carbonyl (C=O) groups is 2. The van der Waals surface area contributed by atoms with Crippen molar-refractivity contribution in [2.24, 2.45) is 5.10 Å². The van der Waals surface area contributed by atoms with Gasteiger partial charge in [0.15, 0.2) is 0 Å². The third-order valence-electron chi connectivity index (χ3n) is 4.83. The quantitative estimate of drug-likeness (QED) is 0.283. The molecule has 2 amide bonds. The molecule has 0 aliphatic heterocycles. The fraction of sp³-hybridized carbons (Fsp3) is 0.182. The topological polar surface area (TPSA) is 141 Å². The number of benzene rings is 2. The zero-order chi connectivity index (χ0) is 24.8. The van der Waals surface area contributed by atoms with Crippen LogP contribution in [-0.4, -0.2) is 39.3 Å². The summed E-state index contributed by atoms with van der Waals surface area (Å²) >= 11 is 5.92. The number of hydrogen-bond acceptors (Lipinski definition) is 7. The van der Waals surface area contributed by atoms with Crippen LogP contribution in [0, 0.1) is 10.1 Å². The van der Waals surface area contributed by atoms with Crippen LogP contribution in [0.3, 0.4) is 0 Å². The Balaban J connectivity index is 1.63. The molecule has 0 spiro atoms. The second-order valence-corrected chi connectivity index (χ2v) is 7.59. The van der Waals surface area contributed by atoms with Gasteiger partial charge in [0.25, 0.3) is 11.8 Å². The van der Waals surface area contributed by atoms with Gasteiger partial charge in [0, 0.05) is 16.3 Å². The summed E-state index contributed by atoms with van der Waals surface area (Å²) in [7, 11) is 1.26. The Morgan fingerprint density at radius 1 is 1.21 bits per heavy atom. The van der Waals surface area contributed by atoms with Crippen molar-refractivity contribution < 1.29 is 19.2 Å². The Bertz CT molecular complexity index is 1250. The van der Waals surface area contributed by atoms with E-state index < -0.39 is 16.9 Å². The van der Waals surface area contributed by atoms with E-state index in [4.69, 9.17) is 16.3 Å². The summed E-state index contributed by atoms with van der Waals surface area (Å²) in [6.07, 6.45) is 1.12. The van der Waals surface area contributed by atoms with E-state index in [0.717, 1.165) is 10.9 Å². The summed E-state index contributed by atoms with van der Waals surface area (Å²) < 4.78 is 6.01. The highest BCUT2D eigenvalue weighted by Crippen LogP contribution is 2.26. The van der Waals surface area contributed by atoms with Crippen LogP contribution in [0.25, 0.3) is 0 Å². The van der Waals surface area contributed by atoms with Gasteiger partial charge in [-0.2, -0.15) is 5.10 Å². The van der Waals surface area contributed by atoms with Crippen molar-refractivity contribution in [2.75, 3.05) is 12.4 Å². The van der Waals surface area contributed by atoms with Gasteiger partial charge in [0.1, 0.15) is 12.2 Å². The molecule has 2 N–H and O–H groups in total. The fourth-order valence-electron chi connectivity index (χ4n) is 2.88. The molecule has 1 atom stereocenters. The van der Waals surface area contributed by atoms with Crippen LogP contribution in [0.1, 0.15) is 35.8 Å². The number of nitrogens with one attached hydrogen (secondary N) is 2. The molecule has 3 aromatic rings. The summed E-state index contributed by atoms with van der Waals surface area (Å²) in [5.74, 6) is -1.01. The second-order valence-electron chi connectivity index (χ2n) is 7.15. The maximum atomic E-state index is 12.4. The molecule has 176 valence electrons. The SMILES string of the molecule is COc1nn(C(C)C(=O)N/N=C(\C)c2ccc(NC(=O)c3cccc(Cl)c3)cc2)cc1[N+](=O)[O-]. The van der Waals surface area contributed by atoms with Crippen molar-refractivity contribution in [3.63, 3.8) is 0 Å². The summed E-state index contributed by atoms with van der Waals surface area (Å²) in [5, 5.41) is 22.3. The molecule has 0 radical (unpaired) electrons. The molecule has 0 saturated heterocycles. The Hall–Kier alpha value is -4.25. The number of aromatic nitrogens is 2. The van der Waals surface area contributed by atoms with E-state index in [9.17, 15) is 19.7 Å². The van der Waals surface area contributed by atoms with Crippen molar-refractivity contribution in [3.8, 4) is 5.88 Å². The van der Waals surface area contributed by atoms with Gasteiger partial charge in [-0.05, 0) is 49.7 Å². The van der Waals surface area contributed by atoms with E-state index in [-0.39, 0.29) is 17.5 Å². The molecule has 0 aliphatic rings. The molecule has 1 aromatic heterocycles. The van der Waals surface area contributed by atoms with Crippen LogP contribution in [0.15, 0.2) is 59.8 Å². The predicted molar refractivity (Wildman–Crippen MR) is 126 cm³/mol. The van der Waals surface area contributed by atoms with E-state index in [2.05, 4.69) is 20.9 Å². The number of nitro groups is 1. The number of amides is 2. The van der Waals surface area contributed by atoms with Gasteiger partial charge in [-0.25, -0.2) is 10.1 Å². The standard InChI is InChI=1S/C22H21ClN6O5/c1-13(25-26-20(30)14(2)28-12-19(29(32)33)22(27-28)34-3)15-7-9-18(10-8-15)24-21(31)16-5-4-6-17(23)11-16/h4-12,14H,1-3H3,(H,24,31)(H,26,30)/b25-13+. The molecule has 12 heteroatoms. The van der Waals surface area contributed by atoms with E-state index >= 15 is 0 Å². The lowest BCUT2D eigenvalue weighted by Crippen LogP contribution is -2.28. The van der Waals surface area contributed by atoms with Crippen molar-refractivity contribution in [3.05, 3.63) is 81.0 Å². The highest BCUT2D eigenvalue weighted by atomic mass is 35.5. The minimum atomic E-state index is -0.872. The highest BCUT2D eigenvalue weighted by Gasteiger charge is 2.25. The lowest BCUT2D eigenvalue weighted by Gasteiger charge is -2.10. The first-order valence-corrected chi connectivity index (χ1v) is 10.4. The molecule has 1 heterocycles. The van der Waals surface area contributed by atoms with Gasteiger partial charge in [0.05, 0.1) is 17.7 Å². The second kappa shape index (κ2) is 10.6. The van der Waals surface area contributed by atoms with Crippen LogP contribution >= 0.6 is 11.6 Å². The Kier molecular flexibility index (Phi) is 7.59.